The molecule has 0 aromatic heterocycles. The van der Waals surface area contributed by atoms with Crippen LogP contribution in [-0.2, 0) is 11.3 Å². The monoisotopic (exact) mass is 408 g/mol. The molecule has 0 saturated carbocycles. The highest BCUT2D eigenvalue weighted by Crippen LogP contribution is 2.24. The van der Waals surface area contributed by atoms with Crippen molar-refractivity contribution < 1.29 is 22.8 Å². The van der Waals surface area contributed by atoms with Gasteiger partial charge in [0, 0.05) is 51.8 Å². The van der Waals surface area contributed by atoms with Crippen LogP contribution in [0.4, 0.5) is 13.2 Å². The molecule has 1 saturated heterocycles. The summed E-state index contributed by atoms with van der Waals surface area (Å²) in [6.07, 6.45) is -4.41. The van der Waals surface area contributed by atoms with Crippen molar-refractivity contribution >= 4 is 24.2 Å². The molecule has 0 aliphatic carbocycles. The third kappa shape index (κ3) is 7.36. The number of halogens is 4. The molecule has 1 aliphatic heterocycles. The fourth-order valence-corrected chi connectivity index (χ4v) is 2.74. The molecule has 1 fully saturated rings. The third-order valence-corrected chi connectivity index (χ3v) is 4.18. The van der Waals surface area contributed by atoms with Crippen LogP contribution in [-0.4, -0.2) is 61.7 Å². The number of benzene rings is 1. The molecule has 3 N–H and O–H groups in total. The fourth-order valence-electron chi connectivity index (χ4n) is 2.74. The van der Waals surface area contributed by atoms with Gasteiger partial charge in [-0.3, -0.25) is 14.5 Å². The Labute approximate surface area is 162 Å². The van der Waals surface area contributed by atoms with Crippen molar-refractivity contribution in [3.8, 4) is 0 Å². The summed E-state index contributed by atoms with van der Waals surface area (Å²) in [5.41, 5.74) is 1.07. The number of carbonyl (C=O) groups excluding carboxylic acids is 2. The van der Waals surface area contributed by atoms with Gasteiger partial charge in [-0.15, -0.1) is 12.4 Å². The molecular weight excluding hydrogens is 385 g/mol. The van der Waals surface area contributed by atoms with Gasteiger partial charge < -0.3 is 16.0 Å². The molecule has 1 unspecified atom stereocenters. The van der Waals surface area contributed by atoms with Crippen molar-refractivity contribution in [3.05, 3.63) is 35.4 Å². The Morgan fingerprint density at radius 3 is 2.26 bits per heavy atom. The van der Waals surface area contributed by atoms with Crippen molar-refractivity contribution in [2.45, 2.75) is 25.7 Å². The minimum Gasteiger partial charge on any atom is -0.352 e. The molecular formula is C17H24ClF3N4O2. The zero-order chi connectivity index (χ0) is 19.2. The number of alkyl halides is 3. The van der Waals surface area contributed by atoms with Crippen molar-refractivity contribution in [3.63, 3.8) is 0 Å². The minimum absolute atomic E-state index is 0. The Morgan fingerprint density at radius 1 is 1.15 bits per heavy atom. The van der Waals surface area contributed by atoms with Gasteiger partial charge >= 0.3 is 6.18 Å². The van der Waals surface area contributed by atoms with Gasteiger partial charge in [-0.05, 0) is 17.7 Å². The van der Waals surface area contributed by atoms with Crippen LogP contribution >= 0.6 is 12.4 Å². The highest BCUT2D eigenvalue weighted by atomic mass is 35.5. The predicted molar refractivity (Wildman–Crippen MR) is 97.8 cm³/mol. The minimum atomic E-state index is -4.41. The summed E-state index contributed by atoms with van der Waals surface area (Å²) in [6, 6.07) is 4.66. The van der Waals surface area contributed by atoms with Crippen LogP contribution in [0.5, 0.6) is 0 Å². The third-order valence-electron chi connectivity index (χ3n) is 4.18. The molecule has 2 rings (SSSR count). The molecule has 2 amide bonds. The van der Waals surface area contributed by atoms with Gasteiger partial charge in [-0.2, -0.15) is 13.2 Å². The first-order chi connectivity index (χ1) is 12.3. The van der Waals surface area contributed by atoms with Gasteiger partial charge in [0.15, 0.2) is 0 Å². The molecule has 1 heterocycles. The summed E-state index contributed by atoms with van der Waals surface area (Å²) in [6.45, 7) is 2.81. The first kappa shape index (κ1) is 23.2. The molecule has 27 heavy (non-hydrogen) atoms. The number of nitrogens with one attached hydrogen (secondary N) is 3. The van der Waals surface area contributed by atoms with E-state index in [1.807, 2.05) is 0 Å². The first-order valence-electron chi connectivity index (χ1n) is 8.40. The van der Waals surface area contributed by atoms with E-state index in [4.69, 9.17) is 0 Å². The van der Waals surface area contributed by atoms with Crippen LogP contribution in [0.25, 0.3) is 0 Å². The summed E-state index contributed by atoms with van der Waals surface area (Å²) in [4.78, 5) is 24.4. The highest BCUT2D eigenvalue weighted by Gasteiger charge is 2.43. The molecule has 152 valence electrons. The SMILES string of the molecule is CC(=O)NCc1ccc(C(=O)NCC(N2CCNCC2)C(F)(F)F)cc1.Cl. The number of piperazine rings is 1. The largest absolute Gasteiger partial charge is 0.405 e. The number of rotatable bonds is 6. The second-order valence-corrected chi connectivity index (χ2v) is 6.16. The first-order valence-corrected chi connectivity index (χ1v) is 8.40. The Morgan fingerprint density at radius 2 is 1.74 bits per heavy atom. The Balaban J connectivity index is 0.00000364. The zero-order valence-corrected chi connectivity index (χ0v) is 15.8. The van der Waals surface area contributed by atoms with E-state index in [2.05, 4.69) is 16.0 Å². The van der Waals surface area contributed by atoms with Crippen LogP contribution in [0.3, 0.4) is 0 Å². The van der Waals surface area contributed by atoms with Gasteiger partial charge in [0.05, 0.1) is 0 Å². The van der Waals surface area contributed by atoms with Crippen LogP contribution < -0.4 is 16.0 Å². The lowest BCUT2D eigenvalue weighted by Crippen LogP contribution is -2.57. The summed E-state index contributed by atoms with van der Waals surface area (Å²) >= 11 is 0. The second-order valence-electron chi connectivity index (χ2n) is 6.16. The van der Waals surface area contributed by atoms with E-state index in [9.17, 15) is 22.8 Å². The maximum absolute atomic E-state index is 13.3. The molecule has 0 radical (unpaired) electrons. The maximum Gasteiger partial charge on any atom is 0.405 e. The smallest absolute Gasteiger partial charge is 0.352 e. The number of amides is 2. The van der Waals surface area contributed by atoms with E-state index >= 15 is 0 Å². The van der Waals surface area contributed by atoms with Crippen molar-refractivity contribution in [1.82, 2.24) is 20.9 Å². The van der Waals surface area contributed by atoms with Gasteiger partial charge in [0.2, 0.25) is 5.91 Å². The van der Waals surface area contributed by atoms with Crippen LogP contribution in [0.2, 0.25) is 0 Å². The topological polar surface area (TPSA) is 73.5 Å². The number of carbonyl (C=O) groups is 2. The second kappa shape index (κ2) is 10.5. The van der Waals surface area contributed by atoms with E-state index in [1.54, 1.807) is 12.1 Å². The fraction of sp³-hybridized carbons (Fsp3) is 0.529. The summed E-state index contributed by atoms with van der Waals surface area (Å²) in [5.74, 6) is -0.724. The Hall–Kier alpha value is -1.84. The Kier molecular flexibility index (Phi) is 9.01. The van der Waals surface area contributed by atoms with E-state index in [0.29, 0.717) is 19.6 Å². The van der Waals surface area contributed by atoms with Crippen molar-refractivity contribution in [2.75, 3.05) is 32.7 Å². The summed E-state index contributed by atoms with van der Waals surface area (Å²) < 4.78 is 39.9. The quantitative estimate of drug-likeness (QED) is 0.663. The van der Waals surface area contributed by atoms with Crippen molar-refractivity contribution in [2.24, 2.45) is 0 Å². The average Bonchev–Trinajstić information content (AvgIpc) is 2.60. The van der Waals surface area contributed by atoms with E-state index < -0.39 is 24.7 Å². The predicted octanol–water partition coefficient (Wildman–Crippen LogP) is 1.31. The number of nitrogens with zero attached hydrogens (tertiary/aromatic N) is 1. The van der Waals surface area contributed by atoms with Crippen LogP contribution in [0.15, 0.2) is 24.3 Å². The van der Waals surface area contributed by atoms with Gasteiger partial charge in [-0.25, -0.2) is 0 Å². The van der Waals surface area contributed by atoms with Gasteiger partial charge in [0.25, 0.3) is 5.91 Å². The lowest BCUT2D eigenvalue weighted by molar-refractivity contribution is -0.183. The molecule has 0 spiro atoms. The van der Waals surface area contributed by atoms with Gasteiger partial charge in [0.1, 0.15) is 6.04 Å². The molecule has 1 aliphatic rings. The summed E-state index contributed by atoms with van der Waals surface area (Å²) in [7, 11) is 0. The Bertz CT molecular complexity index is 620. The van der Waals surface area contributed by atoms with Crippen LogP contribution in [0.1, 0.15) is 22.8 Å². The molecule has 6 nitrogen and oxygen atoms in total. The zero-order valence-electron chi connectivity index (χ0n) is 14.9. The van der Waals surface area contributed by atoms with E-state index in [-0.39, 0.29) is 37.0 Å². The normalized spacial score (nSPS) is 16.1. The lowest BCUT2D eigenvalue weighted by Gasteiger charge is -2.35. The summed E-state index contributed by atoms with van der Waals surface area (Å²) in [5, 5.41) is 8.02. The average molecular weight is 409 g/mol. The number of hydrogen-bond donors (Lipinski definition) is 3. The van der Waals surface area contributed by atoms with E-state index in [0.717, 1.165) is 5.56 Å². The van der Waals surface area contributed by atoms with Gasteiger partial charge in [-0.1, -0.05) is 12.1 Å². The van der Waals surface area contributed by atoms with Crippen molar-refractivity contribution in [1.29, 1.82) is 0 Å². The maximum atomic E-state index is 13.3. The molecule has 10 heteroatoms. The molecule has 1 aromatic rings. The van der Waals surface area contributed by atoms with E-state index in [1.165, 1.54) is 24.0 Å². The number of hydrogen-bond acceptors (Lipinski definition) is 4. The van der Waals surface area contributed by atoms with Crippen LogP contribution in [0, 0.1) is 0 Å². The highest BCUT2D eigenvalue weighted by molar-refractivity contribution is 5.94. The molecule has 0 bridgehead atoms. The molecule has 1 atom stereocenters. The lowest BCUT2D eigenvalue weighted by atomic mass is 10.1. The molecule has 1 aromatic carbocycles. The standard InChI is InChI=1S/C17H23F3N4O2.ClH/c1-12(25)22-10-13-2-4-14(5-3-13)16(26)23-11-15(17(18,19)20)24-8-6-21-7-9-24;/h2-5,15,21H,6-11H2,1H3,(H,22,25)(H,23,26);1H.